The van der Waals surface area contributed by atoms with Crippen LogP contribution in [0.15, 0.2) is 18.2 Å². The molecule has 1 N–H and O–H groups in total. The van der Waals surface area contributed by atoms with Crippen molar-refractivity contribution in [2.75, 3.05) is 31.8 Å². The molecule has 0 saturated heterocycles. The van der Waals surface area contributed by atoms with Gasteiger partial charge in [0.2, 0.25) is 0 Å². The second-order valence-electron chi connectivity index (χ2n) is 3.39. The highest BCUT2D eigenvalue weighted by Gasteiger charge is 2.25. The van der Waals surface area contributed by atoms with E-state index in [1.807, 2.05) is 0 Å². The summed E-state index contributed by atoms with van der Waals surface area (Å²) >= 11 is 0. The lowest BCUT2D eigenvalue weighted by atomic mass is 10.2. The van der Waals surface area contributed by atoms with E-state index in [-0.39, 0.29) is 25.7 Å². The van der Waals surface area contributed by atoms with Gasteiger partial charge in [-0.2, -0.15) is 0 Å². The summed E-state index contributed by atoms with van der Waals surface area (Å²) in [5.41, 5.74) is 0.643. The van der Waals surface area contributed by atoms with Crippen LogP contribution in [0, 0.1) is 0 Å². The maximum absolute atomic E-state index is 11.6. The molecule has 2 rings (SSSR count). The fourth-order valence-corrected chi connectivity index (χ4v) is 1.65. The van der Waals surface area contributed by atoms with Gasteiger partial charge in [-0.25, -0.2) is 0 Å². The first-order valence-corrected chi connectivity index (χ1v) is 4.98. The van der Waals surface area contributed by atoms with Crippen molar-refractivity contribution >= 4 is 11.6 Å². The summed E-state index contributed by atoms with van der Waals surface area (Å²) in [5.74, 6) is 1.13. The van der Waals surface area contributed by atoms with Crippen LogP contribution >= 0.6 is 0 Å². The van der Waals surface area contributed by atoms with Gasteiger partial charge in [-0.3, -0.25) is 4.79 Å². The van der Waals surface area contributed by atoms with Crippen molar-refractivity contribution in [1.82, 2.24) is 0 Å². The smallest absolute Gasteiger partial charge is 0.265 e. The van der Waals surface area contributed by atoms with Crippen LogP contribution in [0.3, 0.4) is 0 Å². The molecule has 1 heterocycles. The summed E-state index contributed by atoms with van der Waals surface area (Å²) in [5, 5.41) is 8.92. The first kappa shape index (κ1) is 10.8. The number of methoxy groups -OCH3 is 1. The standard InChI is InChI=1S/C11H13NO4/c1-15-8-2-3-10-9(6-8)12(4-5-13)11(14)7-16-10/h2-3,6,13H,4-5,7H2,1H3. The molecule has 0 unspecified atom stereocenters. The summed E-state index contributed by atoms with van der Waals surface area (Å²) < 4.78 is 10.4. The molecule has 16 heavy (non-hydrogen) atoms. The minimum atomic E-state index is -0.158. The van der Waals surface area contributed by atoms with Crippen molar-refractivity contribution in [3.05, 3.63) is 18.2 Å². The van der Waals surface area contributed by atoms with Crippen molar-refractivity contribution in [3.63, 3.8) is 0 Å². The van der Waals surface area contributed by atoms with Gasteiger partial charge < -0.3 is 19.5 Å². The Morgan fingerprint density at radius 2 is 2.38 bits per heavy atom. The number of carbonyl (C=O) groups excluding carboxylic acids is 1. The van der Waals surface area contributed by atoms with E-state index in [0.717, 1.165) is 0 Å². The average molecular weight is 223 g/mol. The average Bonchev–Trinajstić information content (AvgIpc) is 2.32. The normalized spacial score (nSPS) is 14.4. The highest BCUT2D eigenvalue weighted by molar-refractivity contribution is 5.98. The lowest BCUT2D eigenvalue weighted by molar-refractivity contribution is -0.121. The second-order valence-corrected chi connectivity index (χ2v) is 3.39. The number of anilines is 1. The van der Waals surface area contributed by atoms with E-state index in [1.165, 1.54) is 4.90 Å². The van der Waals surface area contributed by atoms with Crippen LogP contribution in [0.1, 0.15) is 0 Å². The quantitative estimate of drug-likeness (QED) is 0.806. The van der Waals surface area contributed by atoms with Crippen molar-refractivity contribution in [3.8, 4) is 11.5 Å². The van der Waals surface area contributed by atoms with E-state index >= 15 is 0 Å². The molecule has 0 radical (unpaired) electrons. The van der Waals surface area contributed by atoms with E-state index in [0.29, 0.717) is 17.2 Å². The molecular weight excluding hydrogens is 210 g/mol. The Morgan fingerprint density at radius 1 is 1.56 bits per heavy atom. The molecular formula is C11H13NO4. The third kappa shape index (κ3) is 1.81. The van der Waals surface area contributed by atoms with Crippen LogP contribution < -0.4 is 14.4 Å². The summed E-state index contributed by atoms with van der Waals surface area (Å²) in [7, 11) is 1.56. The number of rotatable bonds is 3. The molecule has 1 amide bonds. The van der Waals surface area contributed by atoms with Gasteiger partial charge in [0.1, 0.15) is 11.5 Å². The van der Waals surface area contributed by atoms with Crippen LogP contribution in [0.25, 0.3) is 0 Å². The van der Waals surface area contributed by atoms with Crippen LogP contribution in [0.2, 0.25) is 0 Å². The highest BCUT2D eigenvalue weighted by atomic mass is 16.5. The molecule has 0 bridgehead atoms. The monoisotopic (exact) mass is 223 g/mol. The molecule has 1 aliphatic heterocycles. The van der Waals surface area contributed by atoms with Crippen molar-refractivity contribution in [2.24, 2.45) is 0 Å². The zero-order chi connectivity index (χ0) is 11.5. The number of ether oxygens (including phenoxy) is 2. The van der Waals surface area contributed by atoms with Crippen LogP contribution in [0.4, 0.5) is 5.69 Å². The van der Waals surface area contributed by atoms with Gasteiger partial charge in [0, 0.05) is 12.6 Å². The number of amides is 1. The number of nitrogens with zero attached hydrogens (tertiary/aromatic N) is 1. The number of benzene rings is 1. The Labute approximate surface area is 93.2 Å². The van der Waals surface area contributed by atoms with E-state index in [2.05, 4.69) is 0 Å². The Hall–Kier alpha value is -1.75. The molecule has 0 atom stereocenters. The first-order chi connectivity index (χ1) is 7.76. The fraction of sp³-hybridized carbons (Fsp3) is 0.364. The molecule has 5 nitrogen and oxygen atoms in total. The maximum Gasteiger partial charge on any atom is 0.265 e. The summed E-state index contributed by atoms with van der Waals surface area (Å²) in [6, 6.07) is 5.25. The van der Waals surface area contributed by atoms with Gasteiger partial charge in [-0.05, 0) is 12.1 Å². The third-order valence-corrected chi connectivity index (χ3v) is 2.43. The molecule has 0 aliphatic carbocycles. The van der Waals surface area contributed by atoms with E-state index in [9.17, 15) is 4.79 Å². The van der Waals surface area contributed by atoms with Gasteiger partial charge in [0.15, 0.2) is 6.61 Å². The number of hydrogen-bond acceptors (Lipinski definition) is 4. The molecule has 1 aliphatic rings. The summed E-state index contributed by atoms with van der Waals surface area (Å²) in [6.45, 7) is 0.198. The van der Waals surface area contributed by atoms with Gasteiger partial charge in [-0.1, -0.05) is 0 Å². The number of hydrogen-bond donors (Lipinski definition) is 1. The van der Waals surface area contributed by atoms with Crippen molar-refractivity contribution in [1.29, 1.82) is 0 Å². The first-order valence-electron chi connectivity index (χ1n) is 4.98. The van der Waals surface area contributed by atoms with E-state index < -0.39 is 0 Å². The predicted molar refractivity (Wildman–Crippen MR) is 57.9 cm³/mol. The second kappa shape index (κ2) is 4.40. The van der Waals surface area contributed by atoms with E-state index in [4.69, 9.17) is 14.6 Å². The minimum Gasteiger partial charge on any atom is -0.497 e. The summed E-state index contributed by atoms with van der Waals surface area (Å²) in [4.78, 5) is 13.1. The zero-order valence-electron chi connectivity index (χ0n) is 8.97. The Bertz CT molecular complexity index is 405. The van der Waals surface area contributed by atoms with Gasteiger partial charge >= 0.3 is 0 Å². The molecule has 1 aromatic rings. The van der Waals surface area contributed by atoms with Crippen LogP contribution in [-0.4, -0.2) is 37.9 Å². The maximum atomic E-state index is 11.6. The van der Waals surface area contributed by atoms with Crippen LogP contribution in [0.5, 0.6) is 11.5 Å². The minimum absolute atomic E-state index is 0.0132. The molecule has 0 aromatic heterocycles. The Kier molecular flexibility index (Phi) is 2.96. The fourth-order valence-electron chi connectivity index (χ4n) is 1.65. The molecule has 0 fully saturated rings. The molecule has 5 heteroatoms. The number of aliphatic hydroxyl groups is 1. The zero-order valence-corrected chi connectivity index (χ0v) is 8.97. The molecule has 86 valence electrons. The summed E-state index contributed by atoms with van der Waals surface area (Å²) in [6.07, 6.45) is 0. The van der Waals surface area contributed by atoms with Gasteiger partial charge in [-0.15, -0.1) is 0 Å². The predicted octanol–water partition coefficient (Wildman–Crippen LogP) is 0.413. The lowest BCUT2D eigenvalue weighted by Gasteiger charge is -2.29. The van der Waals surface area contributed by atoms with Crippen molar-refractivity contribution in [2.45, 2.75) is 0 Å². The van der Waals surface area contributed by atoms with Gasteiger partial charge in [0.05, 0.1) is 19.4 Å². The number of β-amino-alcohol motifs (C(OH)–C–C–N with tert-alkyl or cyclic N) is 1. The largest absolute Gasteiger partial charge is 0.497 e. The molecule has 0 spiro atoms. The number of fused-ring (bicyclic) bond motifs is 1. The topological polar surface area (TPSA) is 59.0 Å². The number of carbonyl (C=O) groups is 1. The van der Waals surface area contributed by atoms with E-state index in [1.54, 1.807) is 25.3 Å². The van der Waals surface area contributed by atoms with Gasteiger partial charge in [0.25, 0.3) is 5.91 Å². The lowest BCUT2D eigenvalue weighted by Crippen LogP contribution is -2.40. The van der Waals surface area contributed by atoms with Crippen LogP contribution in [-0.2, 0) is 4.79 Å². The SMILES string of the molecule is COc1ccc2c(c1)N(CCO)C(=O)CO2. The molecule has 1 aromatic carbocycles. The van der Waals surface area contributed by atoms with Crippen molar-refractivity contribution < 1.29 is 19.4 Å². The number of aliphatic hydroxyl groups excluding tert-OH is 1. The highest BCUT2D eigenvalue weighted by Crippen LogP contribution is 2.34. The Morgan fingerprint density at radius 3 is 3.06 bits per heavy atom. The molecule has 0 saturated carbocycles. The Balaban J connectivity index is 2.39. The third-order valence-electron chi connectivity index (χ3n) is 2.43.